The maximum Gasteiger partial charge on any atom is 0.164 e. The average Bonchev–Trinajstić information content (AvgIpc) is 3.94. The van der Waals surface area contributed by atoms with Crippen molar-refractivity contribution >= 4 is 65.7 Å². The van der Waals surface area contributed by atoms with Crippen molar-refractivity contribution in [2.45, 2.75) is 0 Å². The fourth-order valence-corrected chi connectivity index (χ4v) is 7.00. The smallest absolute Gasteiger partial charge is 0.164 e. The molecule has 4 heterocycles. The number of hydrogen-bond donors (Lipinski definition) is 0. The van der Waals surface area contributed by atoms with Crippen LogP contribution in [0, 0.1) is 0 Å². The molecule has 7 aromatic carbocycles. The molecule has 4 aromatic heterocycles. The van der Waals surface area contributed by atoms with Crippen molar-refractivity contribution in [1.29, 1.82) is 0 Å². The van der Waals surface area contributed by atoms with E-state index in [2.05, 4.69) is 43.8 Å². The average molecular weight is 665 g/mol. The highest BCUT2D eigenvalue weighted by Gasteiger charge is 2.20. The van der Waals surface area contributed by atoms with E-state index < -0.39 is 60.4 Å². The van der Waals surface area contributed by atoms with Gasteiger partial charge in [0, 0.05) is 49.0 Å². The number of fused-ring (bicyclic) bond motifs is 9. The summed E-state index contributed by atoms with van der Waals surface area (Å²) in [6.07, 6.45) is 0. The molecule has 0 aliphatic rings. The Balaban J connectivity index is 1.15. The third kappa shape index (κ3) is 4.26. The van der Waals surface area contributed by atoms with Gasteiger partial charge in [-0.3, -0.25) is 0 Å². The highest BCUT2D eigenvalue weighted by atomic mass is 16.3. The molecular weight excluding hydrogens is 629 g/mol. The summed E-state index contributed by atoms with van der Waals surface area (Å²) in [5.74, 6) is -0.747. The minimum atomic E-state index is -0.618. The van der Waals surface area contributed by atoms with E-state index in [1.165, 1.54) is 0 Å². The molecule has 0 saturated carbocycles. The molecule has 6 heteroatoms. The standard InChI is InChI=1S/C45H26N4O2/c1-3-12-27(13-4-1)43-46-44(28-14-5-2-6-15-28)48-45(47-43)29-22-23-32-33-18-11-20-37(42(33)51-40(32)24-29)49-36-19-9-7-16-30(36)34-26-41-35(25-38(34)49)31-17-8-10-21-39(31)50-41/h1-26H/i1D,2D,3D,4D,5D,6D,12D,13D,14D,15D. The van der Waals surface area contributed by atoms with Crippen molar-refractivity contribution in [1.82, 2.24) is 19.5 Å². The number of rotatable bonds is 4. The molecule has 0 aliphatic carbocycles. The lowest BCUT2D eigenvalue weighted by molar-refractivity contribution is 0.666. The normalized spacial score (nSPS) is 14.7. The van der Waals surface area contributed by atoms with Gasteiger partial charge in [-0.15, -0.1) is 0 Å². The number of benzene rings is 7. The van der Waals surface area contributed by atoms with Gasteiger partial charge < -0.3 is 13.4 Å². The van der Waals surface area contributed by atoms with E-state index in [1.807, 2.05) is 60.7 Å². The van der Waals surface area contributed by atoms with Gasteiger partial charge in [0.15, 0.2) is 23.1 Å². The van der Waals surface area contributed by atoms with Crippen LogP contribution in [0.1, 0.15) is 13.7 Å². The first-order valence-electron chi connectivity index (χ1n) is 21.1. The second-order valence-corrected chi connectivity index (χ2v) is 12.1. The van der Waals surface area contributed by atoms with E-state index in [1.54, 1.807) is 12.1 Å². The molecule has 0 atom stereocenters. The Hall–Kier alpha value is -7.05. The van der Waals surface area contributed by atoms with Gasteiger partial charge in [0.05, 0.1) is 30.4 Å². The Morgan fingerprint density at radius 3 is 1.82 bits per heavy atom. The van der Waals surface area contributed by atoms with Crippen molar-refractivity contribution in [3.05, 3.63) is 157 Å². The maximum atomic E-state index is 8.67. The van der Waals surface area contributed by atoms with E-state index in [9.17, 15) is 0 Å². The molecule has 11 rings (SSSR count). The van der Waals surface area contributed by atoms with Crippen molar-refractivity contribution < 1.29 is 22.5 Å². The quantitative estimate of drug-likeness (QED) is 0.187. The minimum absolute atomic E-state index is 0.0556. The Morgan fingerprint density at radius 2 is 1.06 bits per heavy atom. The molecule has 51 heavy (non-hydrogen) atoms. The zero-order valence-electron chi connectivity index (χ0n) is 36.3. The largest absolute Gasteiger partial charge is 0.456 e. The summed E-state index contributed by atoms with van der Waals surface area (Å²) in [5, 5.41) is 5.64. The molecule has 0 aliphatic heterocycles. The van der Waals surface area contributed by atoms with Crippen molar-refractivity contribution in [2.75, 3.05) is 0 Å². The summed E-state index contributed by atoms with van der Waals surface area (Å²) in [4.78, 5) is 13.6. The fourth-order valence-electron chi connectivity index (χ4n) is 7.00. The number of para-hydroxylation sites is 3. The number of nitrogens with zero attached hydrogens (tertiary/aromatic N) is 4. The molecule has 0 saturated heterocycles. The lowest BCUT2D eigenvalue weighted by Crippen LogP contribution is -2.00. The summed E-state index contributed by atoms with van der Waals surface area (Å²) in [6, 6.07) is 25.5. The maximum absolute atomic E-state index is 8.67. The van der Waals surface area contributed by atoms with Crippen molar-refractivity contribution in [3.8, 4) is 39.9 Å². The Labute approximate surface area is 304 Å². The van der Waals surface area contributed by atoms with Gasteiger partial charge >= 0.3 is 0 Å². The summed E-state index contributed by atoms with van der Waals surface area (Å²) >= 11 is 0. The van der Waals surface area contributed by atoms with Gasteiger partial charge in [-0.1, -0.05) is 115 Å². The summed E-state index contributed by atoms with van der Waals surface area (Å²) in [7, 11) is 0. The lowest BCUT2D eigenvalue weighted by atomic mass is 10.1. The van der Waals surface area contributed by atoms with Crippen LogP contribution in [-0.4, -0.2) is 19.5 Å². The molecule has 0 N–H and O–H groups in total. The molecular formula is C45H26N4O2. The van der Waals surface area contributed by atoms with Gasteiger partial charge in [0.25, 0.3) is 0 Å². The van der Waals surface area contributed by atoms with Crippen LogP contribution in [-0.2, 0) is 0 Å². The Kier molecular flexibility index (Phi) is 4.17. The van der Waals surface area contributed by atoms with Crippen molar-refractivity contribution in [3.63, 3.8) is 0 Å². The van der Waals surface area contributed by atoms with Crippen LogP contribution in [0.5, 0.6) is 0 Å². The van der Waals surface area contributed by atoms with E-state index in [0.29, 0.717) is 16.7 Å². The first-order chi connectivity index (χ1) is 29.4. The first kappa shape index (κ1) is 19.8. The van der Waals surface area contributed by atoms with Crippen LogP contribution in [0.4, 0.5) is 0 Å². The van der Waals surface area contributed by atoms with Crippen LogP contribution in [0.2, 0.25) is 0 Å². The molecule has 0 radical (unpaired) electrons. The van der Waals surface area contributed by atoms with Gasteiger partial charge in [-0.2, -0.15) is 0 Å². The molecule has 238 valence electrons. The van der Waals surface area contributed by atoms with Crippen LogP contribution in [0.15, 0.2) is 166 Å². The predicted molar refractivity (Wildman–Crippen MR) is 205 cm³/mol. The zero-order valence-corrected chi connectivity index (χ0v) is 26.3. The zero-order chi connectivity index (χ0) is 42.2. The third-order valence-corrected chi connectivity index (χ3v) is 9.23. The topological polar surface area (TPSA) is 69.9 Å². The first-order valence-corrected chi connectivity index (χ1v) is 16.1. The van der Waals surface area contributed by atoms with Crippen LogP contribution < -0.4 is 0 Å². The SMILES string of the molecule is [2H]c1c([2H])c([2H])c(-c2nc(-c3ccc4c(c3)oc3c(-n5c6ccccc6c6cc7oc8ccccc8c7cc65)cccc34)nc(-c3c([2H])c([2H])c([2H])c([2H])c3[2H])n2)c([2H])c1[2H]. The molecule has 0 bridgehead atoms. The molecule has 0 amide bonds. The fraction of sp³-hybridized carbons (Fsp3) is 0. The van der Waals surface area contributed by atoms with Crippen LogP contribution >= 0.6 is 0 Å². The van der Waals surface area contributed by atoms with E-state index >= 15 is 0 Å². The van der Waals surface area contributed by atoms with E-state index in [4.69, 9.17) is 22.5 Å². The number of aromatic nitrogens is 4. The molecule has 0 fully saturated rings. The molecule has 6 nitrogen and oxygen atoms in total. The van der Waals surface area contributed by atoms with Gasteiger partial charge in [-0.05, 0) is 42.5 Å². The van der Waals surface area contributed by atoms with E-state index in [0.717, 1.165) is 60.2 Å². The van der Waals surface area contributed by atoms with Crippen LogP contribution in [0.3, 0.4) is 0 Å². The van der Waals surface area contributed by atoms with Gasteiger partial charge in [0.2, 0.25) is 0 Å². The summed E-state index contributed by atoms with van der Waals surface area (Å²) < 4.78 is 99.3. The van der Waals surface area contributed by atoms with Crippen LogP contribution in [0.25, 0.3) is 106 Å². The minimum Gasteiger partial charge on any atom is -0.456 e. The molecule has 0 spiro atoms. The second kappa shape index (κ2) is 10.7. The highest BCUT2D eigenvalue weighted by Crippen LogP contribution is 2.41. The number of hydrogen-bond acceptors (Lipinski definition) is 5. The molecule has 11 aromatic rings. The summed E-state index contributed by atoms with van der Waals surface area (Å²) in [5.41, 5.74) is 5.04. The van der Waals surface area contributed by atoms with E-state index in [-0.39, 0.29) is 28.6 Å². The Bertz CT molecular complexity index is 3600. The number of furan rings is 2. The van der Waals surface area contributed by atoms with Gasteiger partial charge in [0.1, 0.15) is 16.7 Å². The van der Waals surface area contributed by atoms with Gasteiger partial charge in [-0.25, -0.2) is 15.0 Å². The highest BCUT2D eigenvalue weighted by molar-refractivity contribution is 6.18. The van der Waals surface area contributed by atoms with Crippen molar-refractivity contribution in [2.24, 2.45) is 0 Å². The third-order valence-electron chi connectivity index (χ3n) is 9.23. The second-order valence-electron chi connectivity index (χ2n) is 12.1. The lowest BCUT2D eigenvalue weighted by Gasteiger charge is -2.08. The molecule has 0 unspecified atom stereocenters. The Morgan fingerprint density at radius 1 is 0.431 bits per heavy atom. The summed E-state index contributed by atoms with van der Waals surface area (Å²) in [6.45, 7) is 0. The monoisotopic (exact) mass is 664 g/mol. The predicted octanol–water partition coefficient (Wildman–Crippen LogP) is 11.8.